The fraction of sp³-hybridized carbons (Fsp3) is 0.100. The van der Waals surface area contributed by atoms with Crippen LogP contribution >= 0.6 is 0 Å². The molecule has 120 valence electrons. The highest BCUT2D eigenvalue weighted by Gasteiger charge is 2.08. The molecule has 0 saturated heterocycles. The maximum absolute atomic E-state index is 9.43. The normalized spacial score (nSPS) is 10.9. The second kappa shape index (κ2) is 6.96. The van der Waals surface area contributed by atoms with E-state index in [0.29, 0.717) is 0 Å². The molecule has 0 aliphatic rings. The Morgan fingerprint density at radius 3 is 2.29 bits per heavy atom. The number of phenols is 1. The quantitative estimate of drug-likeness (QED) is 0.787. The van der Waals surface area contributed by atoms with Crippen LogP contribution < -0.4 is 4.90 Å². The van der Waals surface area contributed by atoms with Crippen LogP contribution in [0.3, 0.4) is 0 Å². The zero-order valence-electron chi connectivity index (χ0n) is 13.7. The van der Waals surface area contributed by atoms with Crippen molar-refractivity contribution in [3.8, 4) is 17.0 Å². The van der Waals surface area contributed by atoms with Crippen LogP contribution in [0.1, 0.15) is 11.3 Å². The molecule has 0 bridgehead atoms. The second-order valence-corrected chi connectivity index (χ2v) is 5.65. The molecule has 4 nitrogen and oxygen atoms in total. The van der Waals surface area contributed by atoms with Gasteiger partial charge in [0.2, 0.25) is 0 Å². The molecule has 2 aromatic carbocycles. The van der Waals surface area contributed by atoms with Crippen LogP contribution in [-0.4, -0.2) is 29.2 Å². The zero-order chi connectivity index (χ0) is 16.9. The number of benzene rings is 2. The van der Waals surface area contributed by atoms with Gasteiger partial charge in [-0.25, -0.2) is 9.97 Å². The first-order valence-corrected chi connectivity index (χ1v) is 7.70. The van der Waals surface area contributed by atoms with Gasteiger partial charge in [-0.15, -0.1) is 0 Å². The van der Waals surface area contributed by atoms with Gasteiger partial charge in [0.25, 0.3) is 0 Å². The molecular formula is C20H19N3O. The lowest BCUT2D eigenvalue weighted by atomic mass is 10.1. The molecule has 1 aromatic heterocycles. The molecule has 0 amide bonds. The number of hydrogen-bond donors (Lipinski definition) is 1. The van der Waals surface area contributed by atoms with Gasteiger partial charge in [0.1, 0.15) is 11.4 Å². The van der Waals surface area contributed by atoms with Crippen LogP contribution in [0.25, 0.3) is 23.4 Å². The van der Waals surface area contributed by atoms with E-state index >= 15 is 0 Å². The van der Waals surface area contributed by atoms with Crippen molar-refractivity contribution in [1.29, 1.82) is 0 Å². The molecule has 0 atom stereocenters. The van der Waals surface area contributed by atoms with E-state index in [0.717, 1.165) is 28.3 Å². The van der Waals surface area contributed by atoms with E-state index in [1.807, 2.05) is 73.6 Å². The summed E-state index contributed by atoms with van der Waals surface area (Å²) in [5, 5.41) is 9.43. The summed E-state index contributed by atoms with van der Waals surface area (Å²) in [6, 6.07) is 17.1. The summed E-state index contributed by atoms with van der Waals surface area (Å²) in [6.45, 7) is 0. The van der Waals surface area contributed by atoms with Crippen molar-refractivity contribution in [2.24, 2.45) is 0 Å². The molecule has 3 rings (SSSR count). The third kappa shape index (κ3) is 3.60. The highest BCUT2D eigenvalue weighted by atomic mass is 16.3. The molecular weight excluding hydrogens is 298 g/mol. The SMILES string of the molecule is CN(C)c1ncc(-c2ccc(O)cc2)nc1/C=C/c1ccccc1. The molecule has 0 spiro atoms. The van der Waals surface area contributed by atoms with Crippen LogP contribution in [0.5, 0.6) is 5.75 Å². The number of phenolic OH excluding ortho intramolecular Hbond substituents is 1. The van der Waals surface area contributed by atoms with E-state index in [2.05, 4.69) is 4.98 Å². The summed E-state index contributed by atoms with van der Waals surface area (Å²) in [5.74, 6) is 1.05. The van der Waals surface area contributed by atoms with E-state index in [9.17, 15) is 5.11 Å². The molecule has 0 saturated carbocycles. The third-order valence-corrected chi connectivity index (χ3v) is 3.60. The molecule has 0 aliphatic heterocycles. The Morgan fingerprint density at radius 2 is 1.62 bits per heavy atom. The minimum absolute atomic E-state index is 0.237. The Labute approximate surface area is 141 Å². The minimum atomic E-state index is 0.237. The largest absolute Gasteiger partial charge is 0.508 e. The second-order valence-electron chi connectivity index (χ2n) is 5.65. The number of aromatic nitrogens is 2. The van der Waals surface area contributed by atoms with Gasteiger partial charge < -0.3 is 10.0 Å². The van der Waals surface area contributed by atoms with Crippen molar-refractivity contribution in [1.82, 2.24) is 9.97 Å². The fourth-order valence-corrected chi connectivity index (χ4v) is 2.36. The van der Waals surface area contributed by atoms with Crippen LogP contribution in [0.15, 0.2) is 60.8 Å². The van der Waals surface area contributed by atoms with Crippen LogP contribution in [-0.2, 0) is 0 Å². The first kappa shape index (κ1) is 15.7. The summed E-state index contributed by atoms with van der Waals surface area (Å²) in [6.07, 6.45) is 5.75. The lowest BCUT2D eigenvalue weighted by Crippen LogP contribution is -2.13. The van der Waals surface area contributed by atoms with E-state index in [1.54, 1.807) is 18.3 Å². The summed E-state index contributed by atoms with van der Waals surface area (Å²) in [5.41, 5.74) is 3.60. The van der Waals surface area contributed by atoms with Gasteiger partial charge >= 0.3 is 0 Å². The Bertz CT molecular complexity index is 841. The van der Waals surface area contributed by atoms with E-state index in [4.69, 9.17) is 4.98 Å². The molecule has 3 aromatic rings. The zero-order valence-corrected chi connectivity index (χ0v) is 13.7. The number of nitrogens with zero attached hydrogens (tertiary/aromatic N) is 3. The van der Waals surface area contributed by atoms with Crippen LogP contribution in [0, 0.1) is 0 Å². The number of aromatic hydroxyl groups is 1. The van der Waals surface area contributed by atoms with Crippen molar-refractivity contribution in [2.45, 2.75) is 0 Å². The van der Waals surface area contributed by atoms with Gasteiger partial charge in [-0.05, 0) is 35.9 Å². The Hall–Kier alpha value is -3.14. The van der Waals surface area contributed by atoms with Crippen molar-refractivity contribution in [3.05, 3.63) is 72.1 Å². The molecule has 24 heavy (non-hydrogen) atoms. The summed E-state index contributed by atoms with van der Waals surface area (Å²) in [4.78, 5) is 11.2. The Morgan fingerprint density at radius 1 is 0.917 bits per heavy atom. The highest BCUT2D eigenvalue weighted by molar-refractivity contribution is 5.75. The lowest BCUT2D eigenvalue weighted by molar-refractivity contribution is 0.475. The summed E-state index contributed by atoms with van der Waals surface area (Å²) < 4.78 is 0. The standard InChI is InChI=1S/C20H19N3O/c1-23(2)20-18(13-8-15-6-4-3-5-7-15)22-19(14-21-20)16-9-11-17(24)12-10-16/h3-14,24H,1-2H3/b13-8+. The maximum Gasteiger partial charge on any atom is 0.154 e. The van der Waals surface area contributed by atoms with Gasteiger partial charge in [-0.2, -0.15) is 0 Å². The first-order chi connectivity index (χ1) is 11.6. The van der Waals surface area contributed by atoms with E-state index in [1.165, 1.54) is 0 Å². The minimum Gasteiger partial charge on any atom is -0.508 e. The average Bonchev–Trinajstić information content (AvgIpc) is 2.61. The van der Waals surface area contributed by atoms with E-state index < -0.39 is 0 Å². The highest BCUT2D eigenvalue weighted by Crippen LogP contribution is 2.24. The van der Waals surface area contributed by atoms with Gasteiger partial charge in [0.05, 0.1) is 11.9 Å². The fourth-order valence-electron chi connectivity index (χ4n) is 2.36. The van der Waals surface area contributed by atoms with Crippen LogP contribution in [0.4, 0.5) is 5.82 Å². The van der Waals surface area contributed by atoms with Gasteiger partial charge in [0.15, 0.2) is 5.82 Å². The van der Waals surface area contributed by atoms with Crippen molar-refractivity contribution in [3.63, 3.8) is 0 Å². The number of hydrogen-bond acceptors (Lipinski definition) is 4. The predicted octanol–water partition coefficient (Wildman–Crippen LogP) is 4.09. The summed E-state index contributed by atoms with van der Waals surface area (Å²) >= 11 is 0. The number of anilines is 1. The van der Waals surface area contributed by atoms with Crippen LogP contribution in [0.2, 0.25) is 0 Å². The van der Waals surface area contributed by atoms with Gasteiger partial charge in [-0.3, -0.25) is 0 Å². The number of rotatable bonds is 4. The molecule has 1 N–H and O–H groups in total. The first-order valence-electron chi connectivity index (χ1n) is 7.70. The lowest BCUT2D eigenvalue weighted by Gasteiger charge is -2.14. The third-order valence-electron chi connectivity index (χ3n) is 3.60. The Balaban J connectivity index is 2.00. The molecule has 0 aliphatic carbocycles. The van der Waals surface area contributed by atoms with Crippen molar-refractivity contribution >= 4 is 18.0 Å². The molecule has 1 heterocycles. The molecule has 0 unspecified atom stereocenters. The summed E-state index contributed by atoms with van der Waals surface area (Å²) in [7, 11) is 3.90. The Kier molecular flexibility index (Phi) is 4.57. The predicted molar refractivity (Wildman–Crippen MR) is 98.8 cm³/mol. The van der Waals surface area contributed by atoms with Gasteiger partial charge in [-0.1, -0.05) is 36.4 Å². The van der Waals surface area contributed by atoms with Crippen molar-refractivity contribution < 1.29 is 5.11 Å². The topological polar surface area (TPSA) is 49.2 Å². The maximum atomic E-state index is 9.43. The average molecular weight is 317 g/mol. The van der Waals surface area contributed by atoms with E-state index in [-0.39, 0.29) is 5.75 Å². The van der Waals surface area contributed by atoms with Gasteiger partial charge in [0, 0.05) is 19.7 Å². The molecule has 0 fully saturated rings. The smallest absolute Gasteiger partial charge is 0.154 e. The monoisotopic (exact) mass is 317 g/mol. The van der Waals surface area contributed by atoms with Crippen molar-refractivity contribution in [2.75, 3.05) is 19.0 Å². The molecule has 4 heteroatoms. The molecule has 0 radical (unpaired) electrons.